The van der Waals surface area contributed by atoms with Gasteiger partial charge >= 0.3 is 17.9 Å². The smallest absolute Gasteiger partial charge is 0.306 e. The van der Waals surface area contributed by atoms with E-state index in [2.05, 4.69) is 118 Å². The minimum absolute atomic E-state index is 0.0747. The van der Waals surface area contributed by atoms with Crippen molar-refractivity contribution in [3.63, 3.8) is 0 Å². The van der Waals surface area contributed by atoms with Crippen LogP contribution in [-0.2, 0) is 28.6 Å². The molecule has 0 aliphatic heterocycles. The summed E-state index contributed by atoms with van der Waals surface area (Å²) in [5.41, 5.74) is 0. The standard InChI is InChI=1S/C74H128O6/c1-4-7-10-13-16-19-21-23-25-27-29-31-33-34-35-36-37-38-39-40-42-43-45-47-49-51-53-55-58-61-64-67-73(76)79-70-71(69-78-72(75)66-63-60-57-18-15-12-9-6-3)80-74(77)68-65-62-59-56-54-52-50-48-46-44-41-32-30-28-26-24-22-20-17-14-11-8-5-2/h7-8,10-11,16-17,19-20,23-26,29-32,71H,4-6,9,12-15,18,21-22,27-28,33-70H2,1-3H3/b10-7-,11-8-,19-16-,20-17-,25-23-,26-24-,31-29-,32-30-. The average molecular weight is 1110 g/mol. The summed E-state index contributed by atoms with van der Waals surface area (Å²) in [5.74, 6) is -0.869. The monoisotopic (exact) mass is 1110 g/mol. The van der Waals surface area contributed by atoms with Gasteiger partial charge in [-0.05, 0) is 96.3 Å². The van der Waals surface area contributed by atoms with Gasteiger partial charge in [0.25, 0.3) is 0 Å². The molecule has 0 bridgehead atoms. The van der Waals surface area contributed by atoms with Gasteiger partial charge in [0.15, 0.2) is 6.10 Å². The highest BCUT2D eigenvalue weighted by Gasteiger charge is 2.19. The second kappa shape index (κ2) is 67.8. The summed E-state index contributed by atoms with van der Waals surface area (Å²) in [6.45, 7) is 6.42. The van der Waals surface area contributed by atoms with Crippen LogP contribution in [0.5, 0.6) is 0 Å². The normalized spacial score (nSPS) is 12.7. The maximum atomic E-state index is 12.9. The molecule has 80 heavy (non-hydrogen) atoms. The van der Waals surface area contributed by atoms with E-state index in [0.717, 1.165) is 109 Å². The van der Waals surface area contributed by atoms with Crippen LogP contribution in [0.4, 0.5) is 0 Å². The van der Waals surface area contributed by atoms with Gasteiger partial charge in [0.1, 0.15) is 13.2 Å². The first-order valence-electron chi connectivity index (χ1n) is 34.2. The second-order valence-corrected chi connectivity index (χ2v) is 22.7. The summed E-state index contributed by atoms with van der Waals surface area (Å²) in [6, 6.07) is 0. The highest BCUT2D eigenvalue weighted by Crippen LogP contribution is 2.17. The van der Waals surface area contributed by atoms with Gasteiger partial charge in [-0.2, -0.15) is 0 Å². The Morgan fingerprint density at radius 3 is 0.762 bits per heavy atom. The summed E-state index contributed by atoms with van der Waals surface area (Å²) in [4.78, 5) is 38.2. The molecule has 0 aromatic heterocycles. The van der Waals surface area contributed by atoms with Crippen LogP contribution in [0.1, 0.15) is 335 Å². The topological polar surface area (TPSA) is 78.9 Å². The van der Waals surface area contributed by atoms with Crippen molar-refractivity contribution in [2.24, 2.45) is 0 Å². The second-order valence-electron chi connectivity index (χ2n) is 22.7. The van der Waals surface area contributed by atoms with E-state index in [9.17, 15) is 14.4 Å². The third-order valence-electron chi connectivity index (χ3n) is 14.8. The molecule has 0 N–H and O–H groups in total. The zero-order chi connectivity index (χ0) is 57.8. The van der Waals surface area contributed by atoms with Gasteiger partial charge in [0.2, 0.25) is 0 Å². The number of hydrogen-bond donors (Lipinski definition) is 0. The van der Waals surface area contributed by atoms with Gasteiger partial charge in [-0.25, -0.2) is 0 Å². The molecule has 460 valence electrons. The van der Waals surface area contributed by atoms with Crippen molar-refractivity contribution in [2.75, 3.05) is 13.2 Å². The molecule has 1 unspecified atom stereocenters. The molecular formula is C74H128O6. The van der Waals surface area contributed by atoms with Crippen molar-refractivity contribution in [1.82, 2.24) is 0 Å². The lowest BCUT2D eigenvalue weighted by molar-refractivity contribution is -0.167. The number of ether oxygens (including phenoxy) is 3. The molecule has 0 saturated carbocycles. The molecule has 0 amide bonds. The molecule has 0 spiro atoms. The molecule has 0 heterocycles. The molecule has 0 radical (unpaired) electrons. The van der Waals surface area contributed by atoms with Gasteiger partial charge in [-0.1, -0.05) is 317 Å². The van der Waals surface area contributed by atoms with E-state index in [0.29, 0.717) is 19.3 Å². The van der Waals surface area contributed by atoms with E-state index in [-0.39, 0.29) is 31.1 Å². The van der Waals surface area contributed by atoms with Crippen LogP contribution >= 0.6 is 0 Å². The number of rotatable bonds is 62. The number of carbonyl (C=O) groups excluding carboxylic acids is 3. The third kappa shape index (κ3) is 65.1. The van der Waals surface area contributed by atoms with E-state index in [1.807, 2.05) is 0 Å². The third-order valence-corrected chi connectivity index (χ3v) is 14.8. The molecule has 0 aliphatic rings. The first-order chi connectivity index (χ1) is 39.5. The van der Waals surface area contributed by atoms with Crippen molar-refractivity contribution >= 4 is 17.9 Å². The number of esters is 3. The fraction of sp³-hybridized carbons (Fsp3) is 0.743. The largest absolute Gasteiger partial charge is 0.462 e. The van der Waals surface area contributed by atoms with E-state index in [1.165, 1.54) is 186 Å². The maximum absolute atomic E-state index is 12.9. The SMILES string of the molecule is CC/C=C\C/C=C\C/C=C\C/C=C\CCCCCCCCCCCCCCCCCCCCC(=O)OCC(COC(=O)CCCCCCCCCC)OC(=O)CCCCCCCCCCCC/C=C\C/C=C\C/C=C\C/C=C\CC. The molecule has 0 aliphatic carbocycles. The van der Waals surface area contributed by atoms with Crippen LogP contribution < -0.4 is 0 Å². The summed E-state index contributed by atoms with van der Waals surface area (Å²) in [7, 11) is 0. The molecule has 0 rings (SSSR count). The van der Waals surface area contributed by atoms with Crippen molar-refractivity contribution < 1.29 is 28.6 Å². The van der Waals surface area contributed by atoms with Crippen LogP contribution in [0.2, 0.25) is 0 Å². The molecule has 0 aromatic rings. The van der Waals surface area contributed by atoms with Crippen LogP contribution in [0.25, 0.3) is 0 Å². The molecule has 6 nitrogen and oxygen atoms in total. The van der Waals surface area contributed by atoms with Crippen molar-refractivity contribution in [1.29, 1.82) is 0 Å². The Balaban J connectivity index is 4.09. The van der Waals surface area contributed by atoms with Crippen LogP contribution in [0, 0.1) is 0 Å². The highest BCUT2D eigenvalue weighted by atomic mass is 16.6. The van der Waals surface area contributed by atoms with Gasteiger partial charge in [0, 0.05) is 19.3 Å². The Kier molecular flexibility index (Phi) is 64.7. The highest BCUT2D eigenvalue weighted by molar-refractivity contribution is 5.71. The lowest BCUT2D eigenvalue weighted by Gasteiger charge is -2.18. The minimum atomic E-state index is -0.777. The van der Waals surface area contributed by atoms with E-state index in [1.54, 1.807) is 0 Å². The molecular weight excluding hydrogens is 985 g/mol. The number of carbonyl (C=O) groups is 3. The Bertz CT molecular complexity index is 1560. The lowest BCUT2D eigenvalue weighted by Crippen LogP contribution is -2.30. The predicted molar refractivity (Wildman–Crippen MR) is 348 cm³/mol. The molecule has 0 saturated heterocycles. The number of hydrogen-bond acceptors (Lipinski definition) is 6. The average Bonchev–Trinajstić information content (AvgIpc) is 3.46. The zero-order valence-corrected chi connectivity index (χ0v) is 52.8. The number of allylic oxidation sites excluding steroid dienone is 16. The predicted octanol–water partition coefficient (Wildman–Crippen LogP) is 23.6. The van der Waals surface area contributed by atoms with Gasteiger partial charge in [0.05, 0.1) is 0 Å². The van der Waals surface area contributed by atoms with Crippen LogP contribution in [-0.4, -0.2) is 37.2 Å². The van der Waals surface area contributed by atoms with Crippen molar-refractivity contribution in [2.45, 2.75) is 341 Å². The van der Waals surface area contributed by atoms with Crippen molar-refractivity contribution in [3.05, 3.63) is 97.2 Å². The summed E-state index contributed by atoms with van der Waals surface area (Å²) < 4.78 is 16.9. The van der Waals surface area contributed by atoms with E-state index < -0.39 is 6.10 Å². The summed E-state index contributed by atoms with van der Waals surface area (Å²) in [5, 5.41) is 0. The van der Waals surface area contributed by atoms with Gasteiger partial charge in [-0.15, -0.1) is 0 Å². The van der Waals surface area contributed by atoms with Crippen LogP contribution in [0.3, 0.4) is 0 Å². The van der Waals surface area contributed by atoms with Gasteiger partial charge in [-0.3, -0.25) is 14.4 Å². The molecule has 0 fully saturated rings. The fourth-order valence-electron chi connectivity index (χ4n) is 9.78. The minimum Gasteiger partial charge on any atom is -0.462 e. The molecule has 1 atom stereocenters. The lowest BCUT2D eigenvalue weighted by atomic mass is 10.0. The zero-order valence-electron chi connectivity index (χ0n) is 52.8. The fourth-order valence-corrected chi connectivity index (χ4v) is 9.78. The maximum Gasteiger partial charge on any atom is 0.306 e. The summed E-state index contributed by atoms with van der Waals surface area (Å²) in [6.07, 6.45) is 91.7. The van der Waals surface area contributed by atoms with E-state index in [4.69, 9.17) is 14.2 Å². The Labute approximate surface area is 496 Å². The quantitative estimate of drug-likeness (QED) is 0.0261. The Morgan fingerprint density at radius 1 is 0.263 bits per heavy atom. The number of unbranched alkanes of at least 4 members (excludes halogenated alkanes) is 35. The van der Waals surface area contributed by atoms with Gasteiger partial charge < -0.3 is 14.2 Å². The Hall–Kier alpha value is -3.67. The van der Waals surface area contributed by atoms with Crippen molar-refractivity contribution in [3.8, 4) is 0 Å². The first kappa shape index (κ1) is 76.3. The molecule has 6 heteroatoms. The Morgan fingerprint density at radius 2 is 0.487 bits per heavy atom. The van der Waals surface area contributed by atoms with Crippen LogP contribution in [0.15, 0.2) is 97.2 Å². The van der Waals surface area contributed by atoms with E-state index >= 15 is 0 Å². The first-order valence-corrected chi connectivity index (χ1v) is 34.2. The molecule has 0 aromatic carbocycles. The summed E-state index contributed by atoms with van der Waals surface area (Å²) >= 11 is 0.